The highest BCUT2D eigenvalue weighted by molar-refractivity contribution is 5.81. The highest BCUT2D eigenvalue weighted by Crippen LogP contribution is 2.14. The molecule has 0 bridgehead atoms. The Hall–Kier alpha value is -1.84. The largest absolute Gasteiger partial charge is 0.326 e. The summed E-state index contributed by atoms with van der Waals surface area (Å²) in [6, 6.07) is 3.63. The number of aromatic nitrogens is 2. The first-order valence-electron chi connectivity index (χ1n) is 4.32. The van der Waals surface area contributed by atoms with Gasteiger partial charge in [-0.3, -0.25) is 9.78 Å². The molecule has 4 nitrogen and oxygen atoms in total. The van der Waals surface area contributed by atoms with Crippen LogP contribution in [0.2, 0.25) is 0 Å². The average molecular weight is 190 g/mol. The molecule has 0 aliphatic rings. The Morgan fingerprint density at radius 2 is 1.79 bits per heavy atom. The van der Waals surface area contributed by atoms with Gasteiger partial charge >= 0.3 is 5.69 Å². The summed E-state index contributed by atoms with van der Waals surface area (Å²) in [5.74, 6) is 0. The molecule has 0 amide bonds. The van der Waals surface area contributed by atoms with Gasteiger partial charge in [0.15, 0.2) is 0 Å². The lowest BCUT2D eigenvalue weighted by molar-refractivity contribution is 1.08. The third-order valence-electron chi connectivity index (χ3n) is 2.44. The average Bonchev–Trinajstić information content (AvgIpc) is 2.10. The Labute approximate surface area is 79.6 Å². The Balaban J connectivity index is 3.11. The maximum absolute atomic E-state index is 11.5. The number of benzene rings is 1. The molecule has 0 saturated heterocycles. The fraction of sp³-hybridized carbons (Fsp3) is 0.200. The standard InChI is InChI=1S/C10H10N2O2/c1-5-3-4-7-8(6(5)2)9(13)12-10(14)11-7/h3-4H,1-2H3,(H2,11,12,13,14). The first kappa shape index (κ1) is 8.74. The molecule has 0 radical (unpaired) electrons. The van der Waals surface area contributed by atoms with Gasteiger partial charge in [0.25, 0.3) is 5.56 Å². The van der Waals surface area contributed by atoms with Crippen LogP contribution in [-0.2, 0) is 0 Å². The summed E-state index contributed by atoms with van der Waals surface area (Å²) in [5.41, 5.74) is 1.73. The summed E-state index contributed by atoms with van der Waals surface area (Å²) in [4.78, 5) is 27.3. The van der Waals surface area contributed by atoms with Gasteiger partial charge in [-0.15, -0.1) is 0 Å². The van der Waals surface area contributed by atoms with E-state index >= 15 is 0 Å². The molecular formula is C10H10N2O2. The molecule has 0 spiro atoms. The maximum Gasteiger partial charge on any atom is 0.326 e. The second-order valence-corrected chi connectivity index (χ2v) is 3.34. The molecular weight excluding hydrogens is 180 g/mol. The smallest absolute Gasteiger partial charge is 0.307 e. The van der Waals surface area contributed by atoms with Crippen molar-refractivity contribution < 1.29 is 0 Å². The highest BCUT2D eigenvalue weighted by Gasteiger charge is 2.04. The monoisotopic (exact) mass is 190 g/mol. The van der Waals surface area contributed by atoms with E-state index in [1.807, 2.05) is 19.9 Å². The van der Waals surface area contributed by atoms with Crippen molar-refractivity contribution in [2.75, 3.05) is 0 Å². The first-order valence-corrected chi connectivity index (χ1v) is 4.32. The lowest BCUT2D eigenvalue weighted by Gasteiger charge is -2.03. The van der Waals surface area contributed by atoms with E-state index in [9.17, 15) is 9.59 Å². The number of fused-ring (bicyclic) bond motifs is 1. The number of rotatable bonds is 0. The Morgan fingerprint density at radius 1 is 1.07 bits per heavy atom. The van der Waals surface area contributed by atoms with Crippen LogP contribution in [0.4, 0.5) is 0 Å². The van der Waals surface area contributed by atoms with E-state index in [0.29, 0.717) is 10.9 Å². The lowest BCUT2D eigenvalue weighted by atomic mass is 10.1. The minimum absolute atomic E-state index is 0.329. The molecule has 4 heteroatoms. The molecule has 14 heavy (non-hydrogen) atoms. The maximum atomic E-state index is 11.5. The lowest BCUT2D eigenvalue weighted by Crippen LogP contribution is -2.22. The van der Waals surface area contributed by atoms with E-state index in [0.717, 1.165) is 11.1 Å². The van der Waals surface area contributed by atoms with Crippen LogP contribution in [0.25, 0.3) is 10.9 Å². The van der Waals surface area contributed by atoms with Gasteiger partial charge in [-0.1, -0.05) is 6.07 Å². The number of aryl methyl sites for hydroxylation is 2. The van der Waals surface area contributed by atoms with Gasteiger partial charge < -0.3 is 4.98 Å². The minimum atomic E-state index is -0.467. The van der Waals surface area contributed by atoms with Gasteiger partial charge in [0.1, 0.15) is 0 Å². The number of hydrogen-bond acceptors (Lipinski definition) is 2. The number of nitrogens with one attached hydrogen (secondary N) is 2. The Morgan fingerprint density at radius 3 is 2.50 bits per heavy atom. The fourth-order valence-electron chi connectivity index (χ4n) is 1.53. The number of hydrogen-bond donors (Lipinski definition) is 2. The molecule has 1 aromatic heterocycles. The summed E-state index contributed by atoms with van der Waals surface area (Å²) in [7, 11) is 0. The van der Waals surface area contributed by atoms with E-state index in [1.165, 1.54) is 0 Å². The van der Waals surface area contributed by atoms with Crippen molar-refractivity contribution in [2.24, 2.45) is 0 Å². The van der Waals surface area contributed by atoms with Crippen LogP contribution >= 0.6 is 0 Å². The molecule has 1 heterocycles. The molecule has 0 unspecified atom stereocenters. The van der Waals surface area contributed by atoms with Crippen LogP contribution in [0.15, 0.2) is 21.7 Å². The van der Waals surface area contributed by atoms with Gasteiger partial charge in [0.05, 0.1) is 10.9 Å². The van der Waals surface area contributed by atoms with Crippen molar-refractivity contribution in [3.63, 3.8) is 0 Å². The molecule has 0 saturated carbocycles. The first-order chi connectivity index (χ1) is 6.59. The summed E-state index contributed by atoms with van der Waals surface area (Å²) in [6.45, 7) is 3.80. The number of aromatic amines is 2. The zero-order chi connectivity index (χ0) is 10.3. The predicted molar refractivity (Wildman–Crippen MR) is 54.7 cm³/mol. The van der Waals surface area contributed by atoms with Crippen molar-refractivity contribution in [2.45, 2.75) is 13.8 Å². The predicted octanol–water partition coefficient (Wildman–Crippen LogP) is 0.833. The topological polar surface area (TPSA) is 65.7 Å². The quantitative estimate of drug-likeness (QED) is 0.646. The van der Waals surface area contributed by atoms with Crippen LogP contribution in [0.3, 0.4) is 0 Å². The fourth-order valence-corrected chi connectivity index (χ4v) is 1.53. The molecule has 0 aliphatic heterocycles. The van der Waals surface area contributed by atoms with Crippen molar-refractivity contribution in [1.82, 2.24) is 9.97 Å². The summed E-state index contributed by atoms with van der Waals surface area (Å²) in [6.07, 6.45) is 0. The molecule has 0 aliphatic carbocycles. The van der Waals surface area contributed by atoms with E-state index in [1.54, 1.807) is 6.07 Å². The van der Waals surface area contributed by atoms with Gasteiger partial charge in [0, 0.05) is 0 Å². The molecule has 0 atom stereocenters. The minimum Gasteiger partial charge on any atom is -0.307 e. The third kappa shape index (κ3) is 1.16. The normalized spacial score (nSPS) is 10.7. The zero-order valence-electron chi connectivity index (χ0n) is 7.97. The van der Waals surface area contributed by atoms with Crippen molar-refractivity contribution >= 4 is 10.9 Å². The molecule has 2 aromatic rings. The molecule has 0 fully saturated rings. The van der Waals surface area contributed by atoms with E-state index < -0.39 is 5.69 Å². The van der Waals surface area contributed by atoms with Crippen LogP contribution in [0.5, 0.6) is 0 Å². The van der Waals surface area contributed by atoms with Crippen molar-refractivity contribution in [1.29, 1.82) is 0 Å². The van der Waals surface area contributed by atoms with Crippen LogP contribution in [0, 0.1) is 13.8 Å². The Kier molecular flexibility index (Phi) is 1.77. The highest BCUT2D eigenvalue weighted by atomic mass is 16.2. The van der Waals surface area contributed by atoms with Crippen LogP contribution < -0.4 is 11.2 Å². The number of H-pyrrole nitrogens is 2. The van der Waals surface area contributed by atoms with E-state index in [4.69, 9.17) is 0 Å². The summed E-state index contributed by atoms with van der Waals surface area (Å²) >= 11 is 0. The van der Waals surface area contributed by atoms with Crippen molar-refractivity contribution in [3.05, 3.63) is 44.1 Å². The van der Waals surface area contributed by atoms with Crippen molar-refractivity contribution in [3.8, 4) is 0 Å². The second-order valence-electron chi connectivity index (χ2n) is 3.34. The molecule has 72 valence electrons. The van der Waals surface area contributed by atoms with Gasteiger partial charge in [-0.25, -0.2) is 4.79 Å². The molecule has 2 N–H and O–H groups in total. The van der Waals surface area contributed by atoms with E-state index in [-0.39, 0.29) is 5.56 Å². The molecule has 1 aromatic carbocycles. The third-order valence-corrected chi connectivity index (χ3v) is 2.44. The zero-order valence-corrected chi connectivity index (χ0v) is 7.97. The second kappa shape index (κ2) is 2.83. The van der Waals surface area contributed by atoms with Crippen LogP contribution in [0.1, 0.15) is 11.1 Å². The van der Waals surface area contributed by atoms with Gasteiger partial charge in [-0.2, -0.15) is 0 Å². The van der Waals surface area contributed by atoms with Crippen LogP contribution in [-0.4, -0.2) is 9.97 Å². The van der Waals surface area contributed by atoms with Gasteiger partial charge in [-0.05, 0) is 31.0 Å². The van der Waals surface area contributed by atoms with Gasteiger partial charge in [0.2, 0.25) is 0 Å². The SMILES string of the molecule is Cc1ccc2[nH]c(=O)[nH]c(=O)c2c1C. The summed E-state index contributed by atoms with van der Waals surface area (Å²) in [5, 5.41) is 0.560. The Bertz CT molecular complexity index is 608. The summed E-state index contributed by atoms with van der Waals surface area (Å²) < 4.78 is 0. The van der Waals surface area contributed by atoms with E-state index in [2.05, 4.69) is 9.97 Å². The molecule has 2 rings (SSSR count).